The fourth-order valence-corrected chi connectivity index (χ4v) is 1.21. The van der Waals surface area contributed by atoms with E-state index in [9.17, 15) is 9.59 Å². The van der Waals surface area contributed by atoms with Crippen molar-refractivity contribution < 1.29 is 24.2 Å². The van der Waals surface area contributed by atoms with Crippen molar-refractivity contribution in [2.45, 2.75) is 6.92 Å². The summed E-state index contributed by atoms with van der Waals surface area (Å²) in [7, 11) is 1.25. The molecule has 0 heterocycles. The van der Waals surface area contributed by atoms with Crippen LogP contribution in [0.3, 0.4) is 0 Å². The molecule has 1 rings (SSSR count). The van der Waals surface area contributed by atoms with E-state index in [4.69, 9.17) is 9.84 Å². The van der Waals surface area contributed by atoms with Crippen LogP contribution in [0.1, 0.15) is 27.6 Å². The van der Waals surface area contributed by atoms with E-state index < -0.39 is 11.9 Å². The lowest BCUT2D eigenvalue weighted by atomic mass is 10.1. The Bertz CT molecular complexity index is 411. The van der Waals surface area contributed by atoms with Gasteiger partial charge in [0.05, 0.1) is 19.3 Å². The van der Waals surface area contributed by atoms with E-state index in [2.05, 4.69) is 4.74 Å². The van der Waals surface area contributed by atoms with Gasteiger partial charge in [-0.2, -0.15) is 0 Å². The average molecular weight is 224 g/mol. The maximum absolute atomic E-state index is 11.3. The largest absolute Gasteiger partial charge is 0.493 e. The molecule has 5 heteroatoms. The van der Waals surface area contributed by atoms with Gasteiger partial charge in [-0.15, -0.1) is 0 Å². The average Bonchev–Trinajstić information content (AvgIpc) is 2.28. The van der Waals surface area contributed by atoms with E-state index in [1.54, 1.807) is 6.92 Å². The number of carboxylic acid groups (broad SMARTS) is 1. The van der Waals surface area contributed by atoms with Crippen LogP contribution in [0, 0.1) is 0 Å². The first-order valence-electron chi connectivity index (χ1n) is 4.68. The van der Waals surface area contributed by atoms with Crippen molar-refractivity contribution in [1.29, 1.82) is 0 Å². The van der Waals surface area contributed by atoms with Gasteiger partial charge in [0.25, 0.3) is 0 Å². The van der Waals surface area contributed by atoms with Crippen molar-refractivity contribution >= 4 is 11.9 Å². The number of rotatable bonds is 4. The lowest BCUT2D eigenvalue weighted by molar-refractivity contribution is 0.0593. The van der Waals surface area contributed by atoms with Gasteiger partial charge in [-0.25, -0.2) is 9.59 Å². The van der Waals surface area contributed by atoms with Gasteiger partial charge in [-0.05, 0) is 25.1 Å². The molecule has 0 aliphatic heterocycles. The van der Waals surface area contributed by atoms with E-state index in [-0.39, 0.29) is 16.9 Å². The summed E-state index contributed by atoms with van der Waals surface area (Å²) in [6.45, 7) is 2.08. The Morgan fingerprint density at radius 1 is 1.38 bits per heavy atom. The van der Waals surface area contributed by atoms with Crippen LogP contribution in [0.4, 0.5) is 0 Å². The summed E-state index contributed by atoms with van der Waals surface area (Å²) in [5.41, 5.74) is 0.283. The SMILES string of the molecule is CCOc1cc(C(=O)O)ccc1C(=O)OC. The number of esters is 1. The summed E-state index contributed by atoms with van der Waals surface area (Å²) in [6, 6.07) is 4.01. The fourth-order valence-electron chi connectivity index (χ4n) is 1.21. The molecule has 86 valence electrons. The molecular formula is C11H12O5. The van der Waals surface area contributed by atoms with Crippen molar-refractivity contribution in [2.75, 3.05) is 13.7 Å². The molecular weight excluding hydrogens is 212 g/mol. The number of carbonyl (C=O) groups is 2. The first-order chi connectivity index (χ1) is 7.60. The summed E-state index contributed by atoms with van der Waals surface area (Å²) in [6.07, 6.45) is 0. The van der Waals surface area contributed by atoms with Gasteiger partial charge in [0.1, 0.15) is 11.3 Å². The number of ether oxygens (including phenoxy) is 2. The third kappa shape index (κ3) is 2.50. The third-order valence-electron chi connectivity index (χ3n) is 1.93. The molecule has 16 heavy (non-hydrogen) atoms. The van der Waals surface area contributed by atoms with Crippen LogP contribution in [0.2, 0.25) is 0 Å². The van der Waals surface area contributed by atoms with Gasteiger partial charge >= 0.3 is 11.9 Å². The molecule has 5 nitrogen and oxygen atoms in total. The highest BCUT2D eigenvalue weighted by Gasteiger charge is 2.15. The number of hydrogen-bond acceptors (Lipinski definition) is 4. The maximum Gasteiger partial charge on any atom is 0.341 e. The highest BCUT2D eigenvalue weighted by atomic mass is 16.5. The van der Waals surface area contributed by atoms with Gasteiger partial charge in [0.2, 0.25) is 0 Å². The molecule has 0 spiro atoms. The summed E-state index contributed by atoms with van der Waals surface area (Å²) in [4.78, 5) is 22.1. The normalized spacial score (nSPS) is 9.62. The third-order valence-corrected chi connectivity index (χ3v) is 1.93. The predicted molar refractivity (Wildman–Crippen MR) is 55.9 cm³/mol. The quantitative estimate of drug-likeness (QED) is 0.786. The molecule has 0 aliphatic rings. The van der Waals surface area contributed by atoms with E-state index in [0.717, 1.165) is 0 Å². The second kappa shape index (κ2) is 5.16. The summed E-state index contributed by atoms with van der Waals surface area (Å²) < 4.78 is 9.74. The molecule has 1 aromatic rings. The summed E-state index contributed by atoms with van der Waals surface area (Å²) >= 11 is 0. The zero-order chi connectivity index (χ0) is 12.1. The van der Waals surface area contributed by atoms with E-state index >= 15 is 0 Å². The monoisotopic (exact) mass is 224 g/mol. The molecule has 0 aliphatic carbocycles. The van der Waals surface area contributed by atoms with Gasteiger partial charge in [0.15, 0.2) is 0 Å². The minimum Gasteiger partial charge on any atom is -0.493 e. The second-order valence-corrected chi connectivity index (χ2v) is 2.94. The highest BCUT2D eigenvalue weighted by molar-refractivity contribution is 5.95. The molecule has 0 unspecified atom stereocenters. The fraction of sp³-hybridized carbons (Fsp3) is 0.273. The van der Waals surface area contributed by atoms with Crippen molar-refractivity contribution in [3.63, 3.8) is 0 Å². The van der Waals surface area contributed by atoms with E-state index in [1.165, 1.54) is 25.3 Å². The van der Waals surface area contributed by atoms with E-state index in [0.29, 0.717) is 6.61 Å². The van der Waals surface area contributed by atoms with Gasteiger partial charge < -0.3 is 14.6 Å². The number of hydrogen-bond donors (Lipinski definition) is 1. The van der Waals surface area contributed by atoms with Crippen LogP contribution in [-0.2, 0) is 4.74 Å². The minimum absolute atomic E-state index is 0.0658. The Morgan fingerprint density at radius 3 is 2.56 bits per heavy atom. The van der Waals surface area contributed by atoms with Crippen LogP contribution < -0.4 is 4.74 Å². The number of aromatic carboxylic acids is 1. The molecule has 0 bridgehead atoms. The first kappa shape index (κ1) is 12.0. The standard InChI is InChI=1S/C11H12O5/c1-3-16-9-6-7(10(12)13)4-5-8(9)11(14)15-2/h4-6H,3H2,1-2H3,(H,12,13). The van der Waals surface area contributed by atoms with Crippen molar-refractivity contribution in [3.8, 4) is 5.75 Å². The van der Waals surface area contributed by atoms with Crippen molar-refractivity contribution in [3.05, 3.63) is 29.3 Å². The van der Waals surface area contributed by atoms with Crippen LogP contribution in [0.15, 0.2) is 18.2 Å². The van der Waals surface area contributed by atoms with Gasteiger partial charge in [-0.1, -0.05) is 0 Å². The Kier molecular flexibility index (Phi) is 3.88. The number of carbonyl (C=O) groups excluding carboxylic acids is 1. The molecule has 0 radical (unpaired) electrons. The molecule has 0 fully saturated rings. The predicted octanol–water partition coefficient (Wildman–Crippen LogP) is 1.57. The topological polar surface area (TPSA) is 72.8 Å². The molecule has 0 saturated heterocycles. The second-order valence-electron chi connectivity index (χ2n) is 2.94. The Balaban J connectivity index is 3.18. The van der Waals surface area contributed by atoms with Crippen LogP contribution in [0.5, 0.6) is 5.75 Å². The van der Waals surface area contributed by atoms with Crippen molar-refractivity contribution in [2.24, 2.45) is 0 Å². The van der Waals surface area contributed by atoms with Crippen LogP contribution in [-0.4, -0.2) is 30.8 Å². The molecule has 1 N–H and O–H groups in total. The van der Waals surface area contributed by atoms with Crippen LogP contribution >= 0.6 is 0 Å². The zero-order valence-corrected chi connectivity index (χ0v) is 9.02. The number of methoxy groups -OCH3 is 1. The Hall–Kier alpha value is -2.04. The molecule has 0 atom stereocenters. The summed E-state index contributed by atoms with van der Waals surface area (Å²) in [5, 5.41) is 8.79. The summed E-state index contributed by atoms with van der Waals surface area (Å²) in [5.74, 6) is -1.41. The highest BCUT2D eigenvalue weighted by Crippen LogP contribution is 2.21. The minimum atomic E-state index is -1.07. The van der Waals surface area contributed by atoms with Crippen molar-refractivity contribution in [1.82, 2.24) is 0 Å². The van der Waals surface area contributed by atoms with Crippen LogP contribution in [0.25, 0.3) is 0 Å². The molecule has 0 saturated carbocycles. The molecule has 0 amide bonds. The number of benzene rings is 1. The number of carboxylic acids is 1. The smallest absolute Gasteiger partial charge is 0.341 e. The first-order valence-corrected chi connectivity index (χ1v) is 4.68. The lowest BCUT2D eigenvalue weighted by Gasteiger charge is -2.09. The van der Waals surface area contributed by atoms with Gasteiger partial charge in [-0.3, -0.25) is 0 Å². The Labute approximate surface area is 92.6 Å². The molecule has 0 aromatic heterocycles. The Morgan fingerprint density at radius 2 is 2.06 bits per heavy atom. The lowest BCUT2D eigenvalue weighted by Crippen LogP contribution is -2.07. The maximum atomic E-state index is 11.3. The van der Waals surface area contributed by atoms with Gasteiger partial charge in [0, 0.05) is 0 Å². The zero-order valence-electron chi connectivity index (χ0n) is 9.02. The molecule has 1 aromatic carbocycles. The van der Waals surface area contributed by atoms with E-state index in [1.807, 2.05) is 0 Å².